The molecular formula is C13H16O2. The van der Waals surface area contributed by atoms with Gasteiger partial charge >= 0.3 is 5.97 Å². The molecule has 15 heavy (non-hydrogen) atoms. The van der Waals surface area contributed by atoms with Crippen LogP contribution in [0.5, 0.6) is 0 Å². The van der Waals surface area contributed by atoms with Crippen molar-refractivity contribution in [2.24, 2.45) is 0 Å². The van der Waals surface area contributed by atoms with Crippen molar-refractivity contribution in [3.05, 3.63) is 48.6 Å². The third-order valence-corrected chi connectivity index (χ3v) is 2.10. The van der Waals surface area contributed by atoms with Gasteiger partial charge in [0.15, 0.2) is 0 Å². The fourth-order valence-electron chi connectivity index (χ4n) is 1.24. The normalized spacial score (nSPS) is 11.8. The van der Waals surface area contributed by atoms with Crippen LogP contribution in [-0.2, 0) is 4.74 Å². The predicted octanol–water partition coefficient (Wildman–Crippen LogP) is 3.20. The topological polar surface area (TPSA) is 26.3 Å². The maximum Gasteiger partial charge on any atom is 0.338 e. The molecule has 1 rings (SSSR count). The van der Waals surface area contributed by atoms with Crippen LogP contribution in [0.15, 0.2) is 43.0 Å². The molecule has 80 valence electrons. The molecule has 0 aromatic heterocycles. The average Bonchev–Trinajstić information content (AvgIpc) is 2.27. The Labute approximate surface area is 90.6 Å². The second-order valence-electron chi connectivity index (χ2n) is 3.45. The van der Waals surface area contributed by atoms with E-state index in [9.17, 15) is 4.79 Å². The maximum atomic E-state index is 11.6. The Bertz CT molecular complexity index is 317. The molecule has 0 fully saturated rings. The lowest BCUT2D eigenvalue weighted by Gasteiger charge is -2.11. The summed E-state index contributed by atoms with van der Waals surface area (Å²) in [5, 5.41) is 0. The van der Waals surface area contributed by atoms with E-state index in [4.69, 9.17) is 4.74 Å². The van der Waals surface area contributed by atoms with Crippen LogP contribution in [0.3, 0.4) is 0 Å². The van der Waals surface area contributed by atoms with Crippen LogP contribution in [-0.4, -0.2) is 12.1 Å². The molecule has 1 aromatic rings. The summed E-state index contributed by atoms with van der Waals surface area (Å²) >= 11 is 0. The van der Waals surface area contributed by atoms with Crippen LogP contribution < -0.4 is 0 Å². The van der Waals surface area contributed by atoms with Gasteiger partial charge in [-0.1, -0.05) is 24.3 Å². The Morgan fingerprint density at radius 3 is 2.73 bits per heavy atom. The first-order chi connectivity index (χ1) is 7.24. The zero-order valence-corrected chi connectivity index (χ0v) is 8.98. The van der Waals surface area contributed by atoms with Crippen LogP contribution in [0.25, 0.3) is 0 Å². The van der Waals surface area contributed by atoms with Crippen molar-refractivity contribution in [3.63, 3.8) is 0 Å². The highest BCUT2D eigenvalue weighted by molar-refractivity contribution is 5.89. The highest BCUT2D eigenvalue weighted by atomic mass is 16.5. The van der Waals surface area contributed by atoms with Gasteiger partial charge in [-0.05, 0) is 31.9 Å². The average molecular weight is 204 g/mol. The van der Waals surface area contributed by atoms with Crippen molar-refractivity contribution >= 4 is 5.97 Å². The minimum absolute atomic E-state index is 0.0595. The lowest BCUT2D eigenvalue weighted by molar-refractivity contribution is 0.0327. The van der Waals surface area contributed by atoms with E-state index in [0.717, 1.165) is 12.8 Å². The molecule has 0 aliphatic rings. The van der Waals surface area contributed by atoms with Crippen molar-refractivity contribution in [3.8, 4) is 0 Å². The lowest BCUT2D eigenvalue weighted by Crippen LogP contribution is -2.14. The number of rotatable bonds is 5. The first kappa shape index (κ1) is 11.5. The van der Waals surface area contributed by atoms with Gasteiger partial charge in [0.2, 0.25) is 0 Å². The Morgan fingerprint density at radius 2 is 2.13 bits per heavy atom. The summed E-state index contributed by atoms with van der Waals surface area (Å²) in [7, 11) is 0. The Balaban J connectivity index is 2.45. The van der Waals surface area contributed by atoms with E-state index in [1.54, 1.807) is 12.1 Å². The molecule has 0 aliphatic heterocycles. The van der Waals surface area contributed by atoms with Crippen molar-refractivity contribution in [1.29, 1.82) is 0 Å². The van der Waals surface area contributed by atoms with Crippen LogP contribution in [0.1, 0.15) is 30.1 Å². The summed E-state index contributed by atoms with van der Waals surface area (Å²) in [5.41, 5.74) is 0.600. The maximum absolute atomic E-state index is 11.6. The summed E-state index contributed by atoms with van der Waals surface area (Å²) in [4.78, 5) is 11.6. The fraction of sp³-hybridized carbons (Fsp3) is 0.308. The molecule has 0 saturated heterocycles. The Hall–Kier alpha value is -1.57. The number of allylic oxidation sites excluding steroid dienone is 1. The molecule has 0 heterocycles. The highest BCUT2D eigenvalue weighted by Gasteiger charge is 2.10. The van der Waals surface area contributed by atoms with E-state index in [1.165, 1.54) is 0 Å². The number of ether oxygens (including phenoxy) is 1. The van der Waals surface area contributed by atoms with Gasteiger partial charge in [0.25, 0.3) is 0 Å². The molecule has 0 radical (unpaired) electrons. The van der Waals surface area contributed by atoms with Gasteiger partial charge in [-0.3, -0.25) is 0 Å². The van der Waals surface area contributed by atoms with Gasteiger partial charge in [0.1, 0.15) is 0 Å². The molecule has 2 heteroatoms. The van der Waals surface area contributed by atoms with Crippen molar-refractivity contribution in [2.75, 3.05) is 0 Å². The summed E-state index contributed by atoms with van der Waals surface area (Å²) in [5.74, 6) is -0.257. The molecule has 0 saturated carbocycles. The van der Waals surface area contributed by atoms with Crippen LogP contribution in [0, 0.1) is 0 Å². The minimum Gasteiger partial charge on any atom is -0.459 e. The quantitative estimate of drug-likeness (QED) is 0.544. The summed E-state index contributed by atoms with van der Waals surface area (Å²) in [6.45, 7) is 5.52. The number of benzene rings is 1. The Morgan fingerprint density at radius 1 is 1.47 bits per heavy atom. The highest BCUT2D eigenvalue weighted by Crippen LogP contribution is 2.07. The number of carbonyl (C=O) groups excluding carboxylic acids is 1. The number of hydrogen-bond donors (Lipinski definition) is 0. The smallest absolute Gasteiger partial charge is 0.338 e. The largest absolute Gasteiger partial charge is 0.459 e. The molecule has 0 amide bonds. The molecule has 1 unspecified atom stereocenters. The van der Waals surface area contributed by atoms with Crippen LogP contribution in [0.4, 0.5) is 0 Å². The zero-order valence-electron chi connectivity index (χ0n) is 8.98. The van der Waals surface area contributed by atoms with Crippen molar-refractivity contribution < 1.29 is 9.53 Å². The second kappa shape index (κ2) is 6.02. The third kappa shape index (κ3) is 3.98. The molecule has 0 bridgehead atoms. The molecule has 2 nitrogen and oxygen atoms in total. The number of carbonyl (C=O) groups is 1. The first-order valence-electron chi connectivity index (χ1n) is 5.11. The molecule has 0 aliphatic carbocycles. The molecule has 0 N–H and O–H groups in total. The minimum atomic E-state index is -0.257. The number of hydrogen-bond acceptors (Lipinski definition) is 2. The van der Waals surface area contributed by atoms with Gasteiger partial charge in [-0.25, -0.2) is 4.79 Å². The number of esters is 1. The van der Waals surface area contributed by atoms with Gasteiger partial charge in [-0.2, -0.15) is 0 Å². The van der Waals surface area contributed by atoms with E-state index < -0.39 is 0 Å². The van der Waals surface area contributed by atoms with Gasteiger partial charge in [0.05, 0.1) is 11.7 Å². The SMILES string of the molecule is C=CCCC(C)OC(=O)c1ccccc1. The molecular weight excluding hydrogens is 188 g/mol. The first-order valence-corrected chi connectivity index (χ1v) is 5.11. The second-order valence-corrected chi connectivity index (χ2v) is 3.45. The van der Waals surface area contributed by atoms with E-state index in [0.29, 0.717) is 5.56 Å². The van der Waals surface area contributed by atoms with E-state index in [1.807, 2.05) is 31.2 Å². The molecule has 1 atom stereocenters. The van der Waals surface area contributed by atoms with Crippen LogP contribution in [0.2, 0.25) is 0 Å². The molecule has 0 spiro atoms. The summed E-state index contributed by atoms with van der Waals surface area (Å²) in [6, 6.07) is 9.03. The van der Waals surface area contributed by atoms with E-state index >= 15 is 0 Å². The zero-order chi connectivity index (χ0) is 11.1. The summed E-state index contributed by atoms with van der Waals surface area (Å²) in [6.07, 6.45) is 3.45. The molecule has 1 aromatic carbocycles. The van der Waals surface area contributed by atoms with Gasteiger partial charge in [0, 0.05) is 0 Å². The standard InChI is InChI=1S/C13H16O2/c1-3-4-8-11(2)15-13(14)12-9-6-5-7-10-12/h3,5-7,9-11H,1,4,8H2,2H3. The van der Waals surface area contributed by atoms with Gasteiger partial charge < -0.3 is 4.74 Å². The third-order valence-electron chi connectivity index (χ3n) is 2.10. The Kier molecular flexibility index (Phi) is 4.61. The summed E-state index contributed by atoms with van der Waals surface area (Å²) < 4.78 is 5.25. The monoisotopic (exact) mass is 204 g/mol. The van der Waals surface area contributed by atoms with Crippen LogP contribution >= 0.6 is 0 Å². The lowest BCUT2D eigenvalue weighted by atomic mass is 10.2. The van der Waals surface area contributed by atoms with E-state index in [-0.39, 0.29) is 12.1 Å². The van der Waals surface area contributed by atoms with Crippen molar-refractivity contribution in [2.45, 2.75) is 25.9 Å². The van der Waals surface area contributed by atoms with E-state index in [2.05, 4.69) is 6.58 Å². The van der Waals surface area contributed by atoms with Crippen molar-refractivity contribution in [1.82, 2.24) is 0 Å². The predicted molar refractivity (Wildman–Crippen MR) is 60.8 cm³/mol. The fourth-order valence-corrected chi connectivity index (χ4v) is 1.24. The van der Waals surface area contributed by atoms with Gasteiger partial charge in [-0.15, -0.1) is 6.58 Å².